The maximum atomic E-state index is 5.13. The highest BCUT2D eigenvalue weighted by atomic mass is 15.0. The van der Waals surface area contributed by atoms with Crippen molar-refractivity contribution in [3.05, 3.63) is 212 Å². The fourth-order valence-corrected chi connectivity index (χ4v) is 7.72. The van der Waals surface area contributed by atoms with Crippen LogP contribution < -0.4 is 0 Å². The summed E-state index contributed by atoms with van der Waals surface area (Å²) in [5.41, 5.74) is 15.4. The largest absolute Gasteiger partial charge is 0.309 e. The Balaban J connectivity index is 1.11. The Morgan fingerprint density at radius 2 is 0.764 bits per heavy atom. The molecule has 0 saturated heterocycles. The second-order valence-corrected chi connectivity index (χ2v) is 13.8. The summed E-state index contributed by atoms with van der Waals surface area (Å²) in [5.74, 6) is 0.702. The highest BCUT2D eigenvalue weighted by Gasteiger charge is 2.19. The first-order valence-corrected chi connectivity index (χ1v) is 18.7. The lowest BCUT2D eigenvalue weighted by molar-refractivity contribution is 1.17. The van der Waals surface area contributed by atoms with Crippen LogP contribution in [0.25, 0.3) is 94.8 Å². The number of benzene rings is 8. The van der Waals surface area contributed by atoms with Crippen molar-refractivity contribution in [2.75, 3.05) is 0 Å². The second kappa shape index (κ2) is 13.9. The molecule has 0 aliphatic rings. The summed E-state index contributed by atoms with van der Waals surface area (Å²) in [6.45, 7) is 0. The Labute approximate surface area is 320 Å². The Morgan fingerprint density at radius 1 is 0.309 bits per heavy atom. The van der Waals surface area contributed by atoms with Gasteiger partial charge in [0.1, 0.15) is 0 Å². The number of para-hydroxylation sites is 1. The van der Waals surface area contributed by atoms with Crippen LogP contribution in [0, 0.1) is 0 Å². The third-order valence-corrected chi connectivity index (χ3v) is 10.4. The zero-order valence-electron chi connectivity index (χ0n) is 30.0. The van der Waals surface area contributed by atoms with E-state index in [1.165, 1.54) is 55.2 Å². The summed E-state index contributed by atoms with van der Waals surface area (Å²) in [4.78, 5) is 10.2. The third kappa shape index (κ3) is 6.08. The molecule has 10 aromatic rings. The SMILES string of the molecule is c1ccc(-c2ccc(-c3cc(-c4ccc(-n5c6ccccc6c6c(-c7ccccc7)cc(-c7ccccc7)cc65)cc4)nc(-c4ccccc4)n3)cc2)cc1. The van der Waals surface area contributed by atoms with Gasteiger partial charge in [-0.1, -0.05) is 176 Å². The Hall–Kier alpha value is -7.36. The van der Waals surface area contributed by atoms with Crippen LogP contribution in [-0.4, -0.2) is 14.5 Å². The molecule has 0 fully saturated rings. The highest BCUT2D eigenvalue weighted by Crippen LogP contribution is 2.42. The van der Waals surface area contributed by atoms with Crippen LogP contribution in [0.2, 0.25) is 0 Å². The number of rotatable bonds is 7. The van der Waals surface area contributed by atoms with Crippen LogP contribution in [0.1, 0.15) is 0 Å². The second-order valence-electron chi connectivity index (χ2n) is 13.8. The molecule has 8 aromatic carbocycles. The van der Waals surface area contributed by atoms with Crippen molar-refractivity contribution in [2.45, 2.75) is 0 Å². The standard InChI is InChI=1S/C52H35N3/c1-5-15-36(16-6-1)38-25-27-40(28-26-38)47-35-48(54-52(53-47)42-21-11-4-12-22-42)41-29-31-44(32-30-41)55-49-24-14-13-23-45(49)51-46(39-19-9-3-10-20-39)33-43(34-50(51)55)37-17-7-2-8-18-37/h1-35H. The van der Waals surface area contributed by atoms with E-state index in [-0.39, 0.29) is 0 Å². The minimum Gasteiger partial charge on any atom is -0.309 e. The fourth-order valence-electron chi connectivity index (χ4n) is 7.72. The molecule has 0 aliphatic heterocycles. The van der Waals surface area contributed by atoms with Gasteiger partial charge < -0.3 is 4.57 Å². The summed E-state index contributed by atoms with van der Waals surface area (Å²) < 4.78 is 2.41. The first-order valence-electron chi connectivity index (χ1n) is 18.7. The molecule has 0 amide bonds. The maximum absolute atomic E-state index is 5.13. The van der Waals surface area contributed by atoms with E-state index in [0.29, 0.717) is 5.82 Å². The summed E-state index contributed by atoms with van der Waals surface area (Å²) in [5, 5.41) is 2.48. The predicted octanol–water partition coefficient (Wildman–Crippen LogP) is 13.6. The molecule has 0 saturated carbocycles. The van der Waals surface area contributed by atoms with E-state index in [0.717, 1.165) is 33.8 Å². The molecule has 258 valence electrons. The molecular formula is C52H35N3. The molecule has 0 spiro atoms. The zero-order valence-corrected chi connectivity index (χ0v) is 30.0. The van der Waals surface area contributed by atoms with Gasteiger partial charge in [-0.2, -0.15) is 0 Å². The molecule has 0 bridgehead atoms. The van der Waals surface area contributed by atoms with Crippen molar-refractivity contribution < 1.29 is 0 Å². The van der Waals surface area contributed by atoms with Gasteiger partial charge in [0.05, 0.1) is 22.4 Å². The minimum atomic E-state index is 0.702. The van der Waals surface area contributed by atoms with E-state index in [9.17, 15) is 0 Å². The predicted molar refractivity (Wildman–Crippen MR) is 229 cm³/mol. The molecule has 3 nitrogen and oxygen atoms in total. The fraction of sp³-hybridized carbons (Fsp3) is 0. The summed E-state index contributed by atoms with van der Waals surface area (Å²) in [7, 11) is 0. The first-order chi connectivity index (χ1) is 27.3. The van der Waals surface area contributed by atoms with Crippen LogP contribution in [0.3, 0.4) is 0 Å². The molecule has 3 heteroatoms. The Kier molecular flexibility index (Phi) is 8.16. The first kappa shape index (κ1) is 32.3. The topological polar surface area (TPSA) is 30.7 Å². The molecule has 0 N–H and O–H groups in total. The van der Waals surface area contributed by atoms with Crippen molar-refractivity contribution in [3.8, 4) is 73.0 Å². The van der Waals surface area contributed by atoms with Gasteiger partial charge >= 0.3 is 0 Å². The number of hydrogen-bond acceptors (Lipinski definition) is 2. The van der Waals surface area contributed by atoms with Gasteiger partial charge in [-0.15, -0.1) is 0 Å². The molecule has 55 heavy (non-hydrogen) atoms. The van der Waals surface area contributed by atoms with E-state index < -0.39 is 0 Å². The van der Waals surface area contributed by atoms with Gasteiger partial charge in [0.25, 0.3) is 0 Å². The lowest BCUT2D eigenvalue weighted by Gasteiger charge is -2.13. The zero-order chi connectivity index (χ0) is 36.6. The Morgan fingerprint density at radius 3 is 1.36 bits per heavy atom. The molecule has 0 unspecified atom stereocenters. The smallest absolute Gasteiger partial charge is 0.160 e. The quantitative estimate of drug-likeness (QED) is 0.166. The lowest BCUT2D eigenvalue weighted by atomic mass is 9.94. The van der Waals surface area contributed by atoms with Gasteiger partial charge in [0.15, 0.2) is 5.82 Å². The third-order valence-electron chi connectivity index (χ3n) is 10.4. The Bertz CT molecular complexity index is 2920. The average molecular weight is 702 g/mol. The van der Waals surface area contributed by atoms with Crippen molar-refractivity contribution >= 4 is 21.8 Å². The van der Waals surface area contributed by atoms with Crippen molar-refractivity contribution in [2.24, 2.45) is 0 Å². The number of nitrogens with zero attached hydrogens (tertiary/aromatic N) is 3. The molecule has 0 radical (unpaired) electrons. The van der Waals surface area contributed by atoms with Crippen molar-refractivity contribution in [1.29, 1.82) is 0 Å². The summed E-state index contributed by atoms with van der Waals surface area (Å²) in [6.07, 6.45) is 0. The molecule has 2 heterocycles. The number of aromatic nitrogens is 3. The van der Waals surface area contributed by atoms with Crippen molar-refractivity contribution in [1.82, 2.24) is 14.5 Å². The summed E-state index contributed by atoms with van der Waals surface area (Å²) in [6, 6.07) is 75.1. The monoisotopic (exact) mass is 701 g/mol. The molecule has 2 aromatic heterocycles. The van der Waals surface area contributed by atoms with Gasteiger partial charge in [0.2, 0.25) is 0 Å². The normalized spacial score (nSPS) is 11.3. The van der Waals surface area contributed by atoms with E-state index in [2.05, 4.69) is 193 Å². The average Bonchev–Trinajstić information content (AvgIpc) is 3.61. The number of fused-ring (bicyclic) bond motifs is 3. The van der Waals surface area contributed by atoms with Gasteiger partial charge in [-0.3, -0.25) is 0 Å². The van der Waals surface area contributed by atoms with Crippen LogP contribution in [0.4, 0.5) is 0 Å². The number of hydrogen-bond donors (Lipinski definition) is 0. The summed E-state index contributed by atoms with van der Waals surface area (Å²) >= 11 is 0. The van der Waals surface area contributed by atoms with E-state index in [1.54, 1.807) is 0 Å². The molecule has 0 aliphatic carbocycles. The van der Waals surface area contributed by atoms with E-state index in [1.807, 2.05) is 24.3 Å². The van der Waals surface area contributed by atoms with E-state index >= 15 is 0 Å². The van der Waals surface area contributed by atoms with Gasteiger partial charge in [-0.05, 0) is 69.8 Å². The maximum Gasteiger partial charge on any atom is 0.160 e. The van der Waals surface area contributed by atoms with Gasteiger partial charge in [0, 0.05) is 33.2 Å². The van der Waals surface area contributed by atoms with Crippen LogP contribution in [-0.2, 0) is 0 Å². The molecule has 10 rings (SSSR count). The van der Waals surface area contributed by atoms with E-state index in [4.69, 9.17) is 9.97 Å². The van der Waals surface area contributed by atoms with Crippen molar-refractivity contribution in [3.63, 3.8) is 0 Å². The molecular weight excluding hydrogens is 667 g/mol. The highest BCUT2D eigenvalue weighted by molar-refractivity contribution is 6.17. The van der Waals surface area contributed by atoms with Gasteiger partial charge in [-0.25, -0.2) is 9.97 Å². The van der Waals surface area contributed by atoms with Crippen LogP contribution in [0.15, 0.2) is 212 Å². The van der Waals surface area contributed by atoms with Crippen LogP contribution in [0.5, 0.6) is 0 Å². The van der Waals surface area contributed by atoms with Crippen LogP contribution >= 0.6 is 0 Å². The molecule has 0 atom stereocenters. The minimum absolute atomic E-state index is 0.702. The lowest BCUT2D eigenvalue weighted by Crippen LogP contribution is -1.97.